The average molecular weight is 342 g/mol. The van der Waals surface area contributed by atoms with Crippen molar-refractivity contribution in [3.05, 3.63) is 40.3 Å². The van der Waals surface area contributed by atoms with Crippen LogP contribution in [-0.2, 0) is 9.53 Å². The Kier molecular flexibility index (Phi) is 5.72. The van der Waals surface area contributed by atoms with Crippen LogP contribution >= 0.6 is 11.3 Å². The lowest BCUT2D eigenvalue weighted by atomic mass is 9.99. The summed E-state index contributed by atoms with van der Waals surface area (Å²) in [4.78, 5) is 24.1. The van der Waals surface area contributed by atoms with Gasteiger partial charge in [0.1, 0.15) is 17.0 Å². The van der Waals surface area contributed by atoms with Crippen molar-refractivity contribution in [2.45, 2.75) is 27.2 Å². The van der Waals surface area contributed by atoms with E-state index in [1.807, 2.05) is 31.4 Å². The SMILES string of the molecule is CCOC(=O)c1c(-c2cc(C)cc(C)c2)csc1NC(=O)CC#N. The van der Waals surface area contributed by atoms with Gasteiger partial charge in [-0.3, -0.25) is 4.79 Å². The summed E-state index contributed by atoms with van der Waals surface area (Å²) < 4.78 is 5.14. The Balaban J connectivity index is 2.51. The molecule has 1 amide bonds. The molecule has 0 atom stereocenters. The van der Waals surface area contributed by atoms with Crippen molar-refractivity contribution in [2.24, 2.45) is 0 Å². The van der Waals surface area contributed by atoms with E-state index >= 15 is 0 Å². The third-order valence-electron chi connectivity index (χ3n) is 3.30. The number of anilines is 1. The van der Waals surface area contributed by atoms with Gasteiger partial charge < -0.3 is 10.1 Å². The molecule has 0 spiro atoms. The van der Waals surface area contributed by atoms with E-state index in [9.17, 15) is 9.59 Å². The fourth-order valence-electron chi connectivity index (χ4n) is 2.44. The van der Waals surface area contributed by atoms with E-state index in [0.717, 1.165) is 22.3 Å². The summed E-state index contributed by atoms with van der Waals surface area (Å²) in [5.41, 5.74) is 4.12. The second-order valence-corrected chi connectivity index (χ2v) is 6.21. The summed E-state index contributed by atoms with van der Waals surface area (Å²) in [7, 11) is 0. The number of carbonyl (C=O) groups excluding carboxylic acids is 2. The molecule has 5 nitrogen and oxygen atoms in total. The lowest BCUT2D eigenvalue weighted by Crippen LogP contribution is -2.13. The minimum Gasteiger partial charge on any atom is -0.462 e. The Morgan fingerprint density at radius 2 is 1.92 bits per heavy atom. The summed E-state index contributed by atoms with van der Waals surface area (Å²) in [6, 6.07) is 7.81. The molecule has 0 aliphatic heterocycles. The maximum Gasteiger partial charge on any atom is 0.341 e. The Hall–Kier alpha value is -2.65. The third kappa shape index (κ3) is 4.00. The Labute approximate surface area is 144 Å². The normalized spacial score (nSPS) is 10.1. The molecule has 2 aromatic rings. The average Bonchev–Trinajstić information content (AvgIpc) is 2.90. The molecule has 2 rings (SSSR count). The predicted molar refractivity (Wildman–Crippen MR) is 94.0 cm³/mol. The Morgan fingerprint density at radius 3 is 2.50 bits per heavy atom. The fourth-order valence-corrected chi connectivity index (χ4v) is 3.41. The lowest BCUT2D eigenvalue weighted by molar-refractivity contribution is -0.115. The summed E-state index contributed by atoms with van der Waals surface area (Å²) in [6.45, 7) is 5.95. The number of esters is 1. The number of amides is 1. The van der Waals surface area contributed by atoms with Crippen molar-refractivity contribution >= 4 is 28.2 Å². The van der Waals surface area contributed by atoms with Crippen LogP contribution in [0.15, 0.2) is 23.6 Å². The molecular weight excluding hydrogens is 324 g/mol. The largest absolute Gasteiger partial charge is 0.462 e. The van der Waals surface area contributed by atoms with E-state index in [1.165, 1.54) is 11.3 Å². The number of carbonyl (C=O) groups is 2. The molecule has 1 N–H and O–H groups in total. The Morgan fingerprint density at radius 1 is 1.25 bits per heavy atom. The standard InChI is InChI=1S/C18H18N2O3S/c1-4-23-18(22)16-14(13-8-11(2)7-12(3)9-13)10-24-17(16)20-15(21)5-6-19/h7-10H,4-5H2,1-3H3,(H,20,21). The van der Waals surface area contributed by atoms with Crippen LogP contribution in [0.2, 0.25) is 0 Å². The summed E-state index contributed by atoms with van der Waals surface area (Å²) in [5, 5.41) is 13.5. The van der Waals surface area contributed by atoms with Crippen LogP contribution in [0.3, 0.4) is 0 Å². The minimum atomic E-state index is -0.486. The molecular formula is C18H18N2O3S. The Bertz CT molecular complexity index is 798. The predicted octanol–water partition coefficient (Wildman–Crippen LogP) is 4.06. The number of nitriles is 1. The number of thiophene rings is 1. The van der Waals surface area contributed by atoms with Crippen LogP contribution in [0.1, 0.15) is 34.8 Å². The molecule has 0 saturated carbocycles. The van der Waals surface area contributed by atoms with Crippen LogP contribution in [0, 0.1) is 25.2 Å². The van der Waals surface area contributed by atoms with Gasteiger partial charge in [0.05, 0.1) is 12.7 Å². The smallest absolute Gasteiger partial charge is 0.341 e. The van der Waals surface area contributed by atoms with Crippen LogP contribution in [0.25, 0.3) is 11.1 Å². The highest BCUT2D eigenvalue weighted by Gasteiger charge is 2.23. The molecule has 0 aliphatic rings. The first-order chi connectivity index (χ1) is 11.5. The van der Waals surface area contributed by atoms with Gasteiger partial charge in [0.25, 0.3) is 0 Å². The number of rotatable bonds is 5. The summed E-state index contributed by atoms with van der Waals surface area (Å²) in [5.74, 6) is -0.933. The van der Waals surface area contributed by atoms with Crippen LogP contribution in [0.4, 0.5) is 5.00 Å². The minimum absolute atomic E-state index is 0.243. The molecule has 0 radical (unpaired) electrons. The number of nitrogens with one attached hydrogen (secondary N) is 1. The van der Waals surface area contributed by atoms with E-state index in [2.05, 4.69) is 11.4 Å². The van der Waals surface area contributed by atoms with Crippen LogP contribution < -0.4 is 5.32 Å². The van der Waals surface area contributed by atoms with Gasteiger partial charge >= 0.3 is 5.97 Å². The molecule has 1 heterocycles. The molecule has 24 heavy (non-hydrogen) atoms. The molecule has 0 fully saturated rings. The highest BCUT2D eigenvalue weighted by atomic mass is 32.1. The van der Waals surface area contributed by atoms with Gasteiger partial charge in [-0.25, -0.2) is 4.79 Å². The van der Waals surface area contributed by atoms with Gasteiger partial charge in [-0.05, 0) is 26.3 Å². The first-order valence-electron chi connectivity index (χ1n) is 7.50. The zero-order chi connectivity index (χ0) is 17.7. The first-order valence-corrected chi connectivity index (χ1v) is 8.38. The van der Waals surface area contributed by atoms with Gasteiger partial charge in [-0.15, -0.1) is 11.3 Å². The zero-order valence-electron chi connectivity index (χ0n) is 13.8. The lowest BCUT2D eigenvalue weighted by Gasteiger charge is -2.09. The van der Waals surface area contributed by atoms with E-state index < -0.39 is 11.9 Å². The van der Waals surface area contributed by atoms with Crippen molar-refractivity contribution in [1.29, 1.82) is 5.26 Å². The van der Waals surface area contributed by atoms with Crippen molar-refractivity contribution in [3.63, 3.8) is 0 Å². The molecule has 6 heteroatoms. The highest BCUT2D eigenvalue weighted by Crippen LogP contribution is 2.37. The monoisotopic (exact) mass is 342 g/mol. The van der Waals surface area contributed by atoms with Crippen LogP contribution in [0.5, 0.6) is 0 Å². The molecule has 0 aliphatic carbocycles. The zero-order valence-corrected chi connectivity index (χ0v) is 14.6. The van der Waals surface area contributed by atoms with Crippen LogP contribution in [-0.4, -0.2) is 18.5 Å². The molecule has 0 unspecified atom stereocenters. The van der Waals surface area contributed by atoms with Crippen molar-refractivity contribution in [3.8, 4) is 17.2 Å². The fraction of sp³-hybridized carbons (Fsp3) is 0.278. The number of benzene rings is 1. The van der Waals surface area contributed by atoms with Gasteiger partial charge in [-0.2, -0.15) is 5.26 Å². The second-order valence-electron chi connectivity index (χ2n) is 5.33. The third-order valence-corrected chi connectivity index (χ3v) is 4.19. The van der Waals surface area contributed by atoms with Gasteiger partial charge in [0.2, 0.25) is 5.91 Å². The number of aryl methyl sites for hydroxylation is 2. The summed E-state index contributed by atoms with van der Waals surface area (Å²) in [6.07, 6.45) is -0.265. The maximum atomic E-state index is 12.4. The molecule has 1 aromatic heterocycles. The molecule has 0 saturated heterocycles. The van der Waals surface area contributed by atoms with Gasteiger partial charge in [-0.1, -0.05) is 29.3 Å². The molecule has 1 aromatic carbocycles. The first kappa shape index (κ1) is 17.7. The number of hydrogen-bond acceptors (Lipinski definition) is 5. The second kappa shape index (κ2) is 7.75. The van der Waals surface area contributed by atoms with E-state index in [1.54, 1.807) is 13.0 Å². The van der Waals surface area contributed by atoms with Crippen molar-refractivity contribution in [1.82, 2.24) is 0 Å². The number of nitrogens with zero attached hydrogens (tertiary/aromatic N) is 1. The number of hydrogen-bond donors (Lipinski definition) is 1. The van der Waals surface area contributed by atoms with Gasteiger partial charge in [0.15, 0.2) is 0 Å². The quantitative estimate of drug-likeness (QED) is 0.831. The van der Waals surface area contributed by atoms with Crippen molar-refractivity contribution < 1.29 is 14.3 Å². The van der Waals surface area contributed by atoms with Gasteiger partial charge in [0, 0.05) is 10.9 Å². The van der Waals surface area contributed by atoms with E-state index in [0.29, 0.717) is 10.6 Å². The molecule has 124 valence electrons. The maximum absolute atomic E-state index is 12.4. The van der Waals surface area contributed by atoms with E-state index in [4.69, 9.17) is 10.00 Å². The van der Waals surface area contributed by atoms with Crippen molar-refractivity contribution in [2.75, 3.05) is 11.9 Å². The number of ether oxygens (including phenoxy) is 1. The summed E-state index contributed by atoms with van der Waals surface area (Å²) >= 11 is 1.25. The van der Waals surface area contributed by atoms with E-state index in [-0.39, 0.29) is 13.0 Å². The highest BCUT2D eigenvalue weighted by molar-refractivity contribution is 7.15. The molecule has 0 bridgehead atoms. The topological polar surface area (TPSA) is 79.2 Å².